The summed E-state index contributed by atoms with van der Waals surface area (Å²) in [6, 6.07) is 4.35. The number of rotatable bonds is 2. The van der Waals surface area contributed by atoms with E-state index in [0.717, 1.165) is 4.47 Å². The molecule has 5 nitrogen and oxygen atoms in total. The lowest BCUT2D eigenvalue weighted by Gasteiger charge is -2.36. The van der Waals surface area contributed by atoms with Crippen LogP contribution in [0.4, 0.5) is 18.9 Å². The van der Waals surface area contributed by atoms with E-state index in [9.17, 15) is 18.0 Å². The van der Waals surface area contributed by atoms with E-state index in [0.29, 0.717) is 17.6 Å². The number of amides is 1. The molecule has 25 heavy (non-hydrogen) atoms. The standard InChI is InChI=1S/C16H13BrF3N3O2/c1-8(11-6-21-7-14(22-11)16(18,19)20)23-12-4-3-10(17)5-13(12)25-9(2)15(23)24/h3-9H,1-2H3/t8?,9-/m1/s1. The van der Waals surface area contributed by atoms with Crippen molar-refractivity contribution in [2.45, 2.75) is 32.2 Å². The lowest BCUT2D eigenvalue weighted by Crippen LogP contribution is -2.45. The molecule has 1 unspecified atom stereocenters. The third kappa shape index (κ3) is 3.33. The Morgan fingerprint density at radius 3 is 2.72 bits per heavy atom. The Balaban J connectivity index is 2.05. The molecule has 0 fully saturated rings. The number of anilines is 1. The van der Waals surface area contributed by atoms with Gasteiger partial charge in [0.25, 0.3) is 5.91 Å². The van der Waals surface area contributed by atoms with Gasteiger partial charge in [-0.25, -0.2) is 4.98 Å². The number of ether oxygens (including phenoxy) is 1. The van der Waals surface area contributed by atoms with Crippen molar-refractivity contribution >= 4 is 27.5 Å². The van der Waals surface area contributed by atoms with Crippen molar-refractivity contribution in [1.82, 2.24) is 9.97 Å². The van der Waals surface area contributed by atoms with Gasteiger partial charge in [0.2, 0.25) is 0 Å². The summed E-state index contributed by atoms with van der Waals surface area (Å²) in [4.78, 5) is 21.2. The largest absolute Gasteiger partial charge is 0.479 e. The van der Waals surface area contributed by atoms with Gasteiger partial charge in [-0.3, -0.25) is 14.7 Å². The van der Waals surface area contributed by atoms with Crippen LogP contribution in [-0.2, 0) is 11.0 Å². The molecule has 3 rings (SSSR count). The van der Waals surface area contributed by atoms with Crippen LogP contribution in [0.5, 0.6) is 5.75 Å². The van der Waals surface area contributed by atoms with Crippen molar-refractivity contribution in [3.05, 3.63) is 46.5 Å². The Hall–Kier alpha value is -2.16. The van der Waals surface area contributed by atoms with E-state index in [-0.39, 0.29) is 11.6 Å². The van der Waals surface area contributed by atoms with Crippen molar-refractivity contribution in [2.24, 2.45) is 0 Å². The van der Waals surface area contributed by atoms with Crippen LogP contribution in [0.15, 0.2) is 35.1 Å². The van der Waals surface area contributed by atoms with Gasteiger partial charge in [0, 0.05) is 4.47 Å². The Morgan fingerprint density at radius 2 is 2.04 bits per heavy atom. The van der Waals surface area contributed by atoms with Crippen LogP contribution in [-0.4, -0.2) is 22.0 Å². The topological polar surface area (TPSA) is 55.3 Å². The number of alkyl halides is 3. The first-order chi connectivity index (χ1) is 11.7. The van der Waals surface area contributed by atoms with E-state index in [4.69, 9.17) is 4.74 Å². The summed E-state index contributed by atoms with van der Waals surface area (Å²) in [5, 5.41) is 0. The Bertz CT molecular complexity index is 829. The van der Waals surface area contributed by atoms with Gasteiger partial charge < -0.3 is 4.74 Å². The molecule has 0 bridgehead atoms. The number of nitrogens with zero attached hydrogens (tertiary/aromatic N) is 3. The second-order valence-electron chi connectivity index (χ2n) is 5.58. The average Bonchev–Trinajstić information content (AvgIpc) is 2.55. The smallest absolute Gasteiger partial charge is 0.434 e. The number of benzene rings is 1. The number of hydrogen-bond donors (Lipinski definition) is 0. The molecule has 2 heterocycles. The zero-order valence-corrected chi connectivity index (χ0v) is 14.8. The van der Waals surface area contributed by atoms with Crippen LogP contribution in [0.2, 0.25) is 0 Å². The zero-order valence-electron chi connectivity index (χ0n) is 13.2. The molecule has 0 N–H and O–H groups in total. The monoisotopic (exact) mass is 415 g/mol. The first-order valence-corrected chi connectivity index (χ1v) is 8.16. The number of carbonyl (C=O) groups excluding carboxylic acids is 1. The number of halogens is 4. The fourth-order valence-electron chi connectivity index (χ4n) is 2.59. The van der Waals surface area contributed by atoms with Crippen LogP contribution in [0.3, 0.4) is 0 Å². The maximum atomic E-state index is 12.9. The summed E-state index contributed by atoms with van der Waals surface area (Å²) in [6.07, 6.45) is -3.48. The quantitative estimate of drug-likeness (QED) is 0.739. The molecule has 2 atom stereocenters. The number of aromatic nitrogens is 2. The van der Waals surface area contributed by atoms with Crippen molar-refractivity contribution in [3.8, 4) is 5.75 Å². The van der Waals surface area contributed by atoms with Gasteiger partial charge in [-0.05, 0) is 32.0 Å². The molecule has 9 heteroatoms. The van der Waals surface area contributed by atoms with Crippen LogP contribution in [0.25, 0.3) is 0 Å². The molecule has 2 aromatic rings. The molecular formula is C16H13BrF3N3O2. The number of fused-ring (bicyclic) bond motifs is 1. The fraction of sp³-hybridized carbons (Fsp3) is 0.312. The predicted molar refractivity (Wildman–Crippen MR) is 87.2 cm³/mol. The van der Waals surface area contributed by atoms with Gasteiger partial charge in [-0.15, -0.1) is 0 Å². The van der Waals surface area contributed by atoms with Gasteiger partial charge in [0.15, 0.2) is 11.8 Å². The van der Waals surface area contributed by atoms with Crippen LogP contribution < -0.4 is 9.64 Å². The average molecular weight is 416 g/mol. The highest BCUT2D eigenvalue weighted by molar-refractivity contribution is 9.10. The highest BCUT2D eigenvalue weighted by atomic mass is 79.9. The molecule has 1 aromatic carbocycles. The van der Waals surface area contributed by atoms with E-state index >= 15 is 0 Å². The molecule has 132 valence electrons. The van der Waals surface area contributed by atoms with Crippen molar-refractivity contribution < 1.29 is 22.7 Å². The third-order valence-corrected chi connectivity index (χ3v) is 4.32. The van der Waals surface area contributed by atoms with Crippen LogP contribution >= 0.6 is 15.9 Å². The molecule has 0 spiro atoms. The molecule has 0 saturated heterocycles. The Kier molecular flexibility index (Phi) is 4.44. The molecule has 1 aliphatic heterocycles. The van der Waals surface area contributed by atoms with E-state index in [2.05, 4.69) is 25.9 Å². The van der Waals surface area contributed by atoms with Gasteiger partial charge in [0.1, 0.15) is 5.75 Å². The fourth-order valence-corrected chi connectivity index (χ4v) is 2.93. The van der Waals surface area contributed by atoms with Crippen molar-refractivity contribution in [3.63, 3.8) is 0 Å². The van der Waals surface area contributed by atoms with E-state index in [1.54, 1.807) is 32.0 Å². The Labute approximate surface area is 150 Å². The molecule has 0 saturated carbocycles. The first kappa shape index (κ1) is 17.7. The minimum atomic E-state index is -4.60. The number of carbonyl (C=O) groups is 1. The van der Waals surface area contributed by atoms with Crippen LogP contribution in [0, 0.1) is 0 Å². The molecule has 1 amide bonds. The lowest BCUT2D eigenvalue weighted by molar-refractivity contribution is -0.141. The SMILES string of the molecule is CC(c1cncc(C(F)(F)F)n1)N1C(=O)[C@@H](C)Oc2cc(Br)ccc21. The number of hydrogen-bond acceptors (Lipinski definition) is 4. The molecule has 0 radical (unpaired) electrons. The van der Waals surface area contributed by atoms with Crippen LogP contribution in [0.1, 0.15) is 31.3 Å². The lowest BCUT2D eigenvalue weighted by atomic mass is 10.1. The van der Waals surface area contributed by atoms with E-state index in [1.165, 1.54) is 11.1 Å². The first-order valence-electron chi connectivity index (χ1n) is 7.37. The summed E-state index contributed by atoms with van der Waals surface area (Å²) in [7, 11) is 0. The summed E-state index contributed by atoms with van der Waals surface area (Å²) < 4.78 is 45.0. The van der Waals surface area contributed by atoms with Crippen molar-refractivity contribution in [2.75, 3.05) is 4.90 Å². The van der Waals surface area contributed by atoms with Gasteiger partial charge in [0.05, 0.1) is 29.8 Å². The Morgan fingerprint density at radius 1 is 1.32 bits per heavy atom. The van der Waals surface area contributed by atoms with Gasteiger partial charge >= 0.3 is 6.18 Å². The molecule has 0 aliphatic carbocycles. The third-order valence-electron chi connectivity index (χ3n) is 3.83. The summed E-state index contributed by atoms with van der Waals surface area (Å²) in [6.45, 7) is 3.19. The molecular weight excluding hydrogens is 403 g/mol. The molecule has 1 aliphatic rings. The van der Waals surface area contributed by atoms with Crippen molar-refractivity contribution in [1.29, 1.82) is 0 Å². The minimum Gasteiger partial charge on any atom is -0.479 e. The van der Waals surface area contributed by atoms with E-state index in [1.807, 2.05) is 0 Å². The molecule has 1 aromatic heterocycles. The maximum absolute atomic E-state index is 12.9. The second-order valence-corrected chi connectivity index (χ2v) is 6.50. The highest BCUT2D eigenvalue weighted by Gasteiger charge is 2.37. The maximum Gasteiger partial charge on any atom is 0.434 e. The second kappa shape index (κ2) is 6.29. The zero-order chi connectivity index (χ0) is 18.4. The van der Waals surface area contributed by atoms with Gasteiger partial charge in [-0.2, -0.15) is 13.2 Å². The van der Waals surface area contributed by atoms with Gasteiger partial charge in [-0.1, -0.05) is 15.9 Å². The summed E-state index contributed by atoms with van der Waals surface area (Å²) in [5.74, 6) is 0.106. The summed E-state index contributed by atoms with van der Waals surface area (Å²) in [5.41, 5.74) is -0.578. The normalized spacial score (nSPS) is 18.6. The predicted octanol–water partition coefficient (Wildman–Crippen LogP) is 4.13. The van der Waals surface area contributed by atoms with E-state index < -0.39 is 24.0 Å². The summed E-state index contributed by atoms with van der Waals surface area (Å²) >= 11 is 3.33. The minimum absolute atomic E-state index is 0.0474. The highest BCUT2D eigenvalue weighted by Crippen LogP contribution is 2.40.